The number of anilines is 1. The first-order chi connectivity index (χ1) is 8.04. The molecule has 0 aromatic heterocycles. The van der Waals surface area contributed by atoms with Crippen LogP contribution in [0.3, 0.4) is 0 Å². The SMILES string of the molecule is CNC(=O)CCNc1ccc([N+](=O)[O-])cc1C. The second-order valence-corrected chi connectivity index (χ2v) is 3.61. The molecule has 1 aromatic carbocycles. The highest BCUT2D eigenvalue weighted by atomic mass is 16.6. The fraction of sp³-hybridized carbons (Fsp3) is 0.364. The van der Waals surface area contributed by atoms with Crippen molar-refractivity contribution in [1.29, 1.82) is 0 Å². The minimum absolute atomic E-state index is 0.0444. The van der Waals surface area contributed by atoms with Gasteiger partial charge in [0.1, 0.15) is 0 Å². The van der Waals surface area contributed by atoms with E-state index in [4.69, 9.17) is 0 Å². The number of carbonyl (C=O) groups excluding carboxylic acids is 1. The predicted octanol–water partition coefficient (Wildman–Crippen LogP) is 1.45. The Morgan fingerprint density at radius 1 is 1.47 bits per heavy atom. The summed E-state index contributed by atoms with van der Waals surface area (Å²) in [6.45, 7) is 2.29. The minimum Gasteiger partial charge on any atom is -0.384 e. The van der Waals surface area contributed by atoms with Crippen LogP contribution in [0.2, 0.25) is 0 Å². The van der Waals surface area contributed by atoms with Crippen molar-refractivity contribution in [2.24, 2.45) is 0 Å². The summed E-state index contributed by atoms with van der Waals surface area (Å²) in [5.41, 5.74) is 1.66. The lowest BCUT2D eigenvalue weighted by Gasteiger charge is -2.08. The summed E-state index contributed by atoms with van der Waals surface area (Å²) in [5, 5.41) is 16.1. The summed E-state index contributed by atoms with van der Waals surface area (Å²) in [5.74, 6) is -0.0444. The number of nitro groups is 1. The van der Waals surface area contributed by atoms with E-state index in [1.165, 1.54) is 12.1 Å². The van der Waals surface area contributed by atoms with Gasteiger partial charge in [-0.1, -0.05) is 0 Å². The van der Waals surface area contributed by atoms with E-state index in [0.717, 1.165) is 11.3 Å². The average Bonchev–Trinajstić information content (AvgIpc) is 2.30. The van der Waals surface area contributed by atoms with Gasteiger partial charge < -0.3 is 10.6 Å². The molecule has 0 atom stereocenters. The van der Waals surface area contributed by atoms with Crippen molar-refractivity contribution in [2.75, 3.05) is 18.9 Å². The Balaban J connectivity index is 2.60. The molecular weight excluding hydrogens is 222 g/mol. The van der Waals surface area contributed by atoms with Crippen LogP contribution < -0.4 is 10.6 Å². The molecule has 0 radical (unpaired) electrons. The summed E-state index contributed by atoms with van der Waals surface area (Å²) in [7, 11) is 1.58. The van der Waals surface area contributed by atoms with E-state index in [2.05, 4.69) is 10.6 Å². The van der Waals surface area contributed by atoms with Gasteiger partial charge in [0, 0.05) is 37.8 Å². The van der Waals surface area contributed by atoms with Crippen LogP contribution in [0.1, 0.15) is 12.0 Å². The molecule has 6 heteroatoms. The van der Waals surface area contributed by atoms with E-state index in [-0.39, 0.29) is 11.6 Å². The Bertz CT molecular complexity index is 432. The zero-order valence-corrected chi connectivity index (χ0v) is 9.82. The highest BCUT2D eigenvalue weighted by molar-refractivity contribution is 5.76. The van der Waals surface area contributed by atoms with Gasteiger partial charge in [-0.05, 0) is 18.6 Å². The van der Waals surface area contributed by atoms with Crippen LogP contribution in [-0.2, 0) is 4.79 Å². The normalized spacial score (nSPS) is 9.76. The summed E-state index contributed by atoms with van der Waals surface area (Å²) >= 11 is 0. The number of hydrogen-bond acceptors (Lipinski definition) is 4. The van der Waals surface area contributed by atoms with Crippen LogP contribution in [0, 0.1) is 17.0 Å². The van der Waals surface area contributed by atoms with Crippen LogP contribution in [0.15, 0.2) is 18.2 Å². The molecule has 0 fully saturated rings. The number of aryl methyl sites for hydroxylation is 1. The van der Waals surface area contributed by atoms with Crippen molar-refractivity contribution in [2.45, 2.75) is 13.3 Å². The standard InChI is InChI=1S/C11H15N3O3/c1-8-7-9(14(16)17)3-4-10(8)13-6-5-11(15)12-2/h3-4,7,13H,5-6H2,1-2H3,(H,12,15). The summed E-state index contributed by atoms with van der Waals surface area (Å²) in [4.78, 5) is 21.1. The van der Waals surface area contributed by atoms with Crippen molar-refractivity contribution >= 4 is 17.3 Å². The number of benzene rings is 1. The van der Waals surface area contributed by atoms with Crippen LogP contribution in [0.5, 0.6) is 0 Å². The van der Waals surface area contributed by atoms with E-state index in [1.807, 2.05) is 0 Å². The average molecular weight is 237 g/mol. The quantitative estimate of drug-likeness (QED) is 0.599. The molecule has 0 unspecified atom stereocenters. The smallest absolute Gasteiger partial charge is 0.269 e. The summed E-state index contributed by atoms with van der Waals surface area (Å²) in [6, 6.07) is 4.59. The van der Waals surface area contributed by atoms with Crippen LogP contribution in [-0.4, -0.2) is 24.4 Å². The molecule has 0 bridgehead atoms. The lowest BCUT2D eigenvalue weighted by atomic mass is 10.2. The van der Waals surface area contributed by atoms with Crippen molar-refractivity contribution in [3.63, 3.8) is 0 Å². The minimum atomic E-state index is -0.429. The maximum absolute atomic E-state index is 11.0. The fourth-order valence-electron chi connectivity index (χ4n) is 1.40. The van der Waals surface area contributed by atoms with Crippen molar-refractivity contribution in [3.05, 3.63) is 33.9 Å². The lowest BCUT2D eigenvalue weighted by molar-refractivity contribution is -0.384. The molecule has 0 spiro atoms. The zero-order valence-electron chi connectivity index (χ0n) is 9.82. The molecule has 0 saturated heterocycles. The summed E-state index contributed by atoms with van der Waals surface area (Å²) < 4.78 is 0. The highest BCUT2D eigenvalue weighted by Gasteiger charge is 2.07. The maximum atomic E-state index is 11.0. The largest absolute Gasteiger partial charge is 0.384 e. The lowest BCUT2D eigenvalue weighted by Crippen LogP contribution is -2.20. The molecule has 6 nitrogen and oxygen atoms in total. The number of nitrogens with one attached hydrogen (secondary N) is 2. The van der Waals surface area contributed by atoms with Crippen LogP contribution in [0.25, 0.3) is 0 Å². The van der Waals surface area contributed by atoms with Gasteiger partial charge in [0.05, 0.1) is 4.92 Å². The Hall–Kier alpha value is -2.11. The third-order valence-corrected chi connectivity index (χ3v) is 2.37. The van der Waals surface area contributed by atoms with Gasteiger partial charge in [0.2, 0.25) is 5.91 Å². The van der Waals surface area contributed by atoms with Crippen molar-refractivity contribution < 1.29 is 9.72 Å². The predicted molar refractivity (Wildman–Crippen MR) is 65.0 cm³/mol. The van der Waals surface area contributed by atoms with Gasteiger partial charge in [-0.25, -0.2) is 0 Å². The molecule has 17 heavy (non-hydrogen) atoms. The third kappa shape index (κ3) is 3.75. The Kier molecular flexibility index (Phi) is 4.45. The number of rotatable bonds is 5. The molecule has 0 aliphatic rings. The Morgan fingerprint density at radius 3 is 2.71 bits per heavy atom. The number of amides is 1. The Labute approximate surface area is 99.2 Å². The number of non-ortho nitro benzene ring substituents is 1. The van der Waals surface area contributed by atoms with E-state index in [9.17, 15) is 14.9 Å². The van der Waals surface area contributed by atoms with Crippen LogP contribution >= 0.6 is 0 Å². The molecule has 92 valence electrons. The van der Waals surface area contributed by atoms with E-state index in [0.29, 0.717) is 13.0 Å². The number of nitro benzene ring substituents is 1. The van der Waals surface area contributed by atoms with Gasteiger partial charge in [0.15, 0.2) is 0 Å². The molecular formula is C11H15N3O3. The van der Waals surface area contributed by atoms with Crippen molar-refractivity contribution in [1.82, 2.24) is 5.32 Å². The van der Waals surface area contributed by atoms with E-state index in [1.54, 1.807) is 20.0 Å². The zero-order chi connectivity index (χ0) is 12.8. The third-order valence-electron chi connectivity index (χ3n) is 2.37. The molecule has 2 N–H and O–H groups in total. The second-order valence-electron chi connectivity index (χ2n) is 3.61. The van der Waals surface area contributed by atoms with E-state index >= 15 is 0 Å². The maximum Gasteiger partial charge on any atom is 0.269 e. The summed E-state index contributed by atoms with van der Waals surface area (Å²) in [6.07, 6.45) is 0.368. The Morgan fingerprint density at radius 2 is 2.18 bits per heavy atom. The molecule has 0 aliphatic carbocycles. The van der Waals surface area contributed by atoms with Gasteiger partial charge >= 0.3 is 0 Å². The molecule has 1 aromatic rings. The molecule has 0 saturated carbocycles. The van der Waals surface area contributed by atoms with Gasteiger partial charge in [-0.3, -0.25) is 14.9 Å². The molecule has 1 amide bonds. The van der Waals surface area contributed by atoms with Gasteiger partial charge in [-0.15, -0.1) is 0 Å². The first-order valence-electron chi connectivity index (χ1n) is 5.24. The fourth-order valence-corrected chi connectivity index (χ4v) is 1.40. The first-order valence-corrected chi connectivity index (χ1v) is 5.24. The number of nitrogens with zero attached hydrogens (tertiary/aromatic N) is 1. The van der Waals surface area contributed by atoms with Gasteiger partial charge in [0.25, 0.3) is 5.69 Å². The van der Waals surface area contributed by atoms with Crippen LogP contribution in [0.4, 0.5) is 11.4 Å². The second kappa shape index (κ2) is 5.83. The monoisotopic (exact) mass is 237 g/mol. The van der Waals surface area contributed by atoms with Crippen molar-refractivity contribution in [3.8, 4) is 0 Å². The highest BCUT2D eigenvalue weighted by Crippen LogP contribution is 2.20. The topological polar surface area (TPSA) is 84.3 Å². The molecule has 1 rings (SSSR count). The first kappa shape index (κ1) is 13.0. The van der Waals surface area contributed by atoms with Gasteiger partial charge in [-0.2, -0.15) is 0 Å². The molecule has 0 heterocycles. The molecule has 0 aliphatic heterocycles. The number of carbonyl (C=O) groups is 1. The van der Waals surface area contributed by atoms with E-state index < -0.39 is 4.92 Å². The number of hydrogen-bond donors (Lipinski definition) is 2.